The first-order chi connectivity index (χ1) is 34.7. The van der Waals surface area contributed by atoms with Crippen LogP contribution in [-0.4, -0.2) is 0 Å². The molecule has 70 heavy (non-hydrogen) atoms. The molecular weight excluding hydrogens is 845 g/mol. The van der Waals surface area contributed by atoms with Crippen molar-refractivity contribution in [2.24, 2.45) is 0 Å². The molecule has 0 bridgehead atoms. The van der Waals surface area contributed by atoms with Gasteiger partial charge in [-0.25, -0.2) is 0 Å². The van der Waals surface area contributed by atoms with Crippen LogP contribution in [0.2, 0.25) is 0 Å². The molecule has 0 aliphatic heterocycles. The van der Waals surface area contributed by atoms with Crippen LogP contribution < -0.4 is 9.80 Å². The van der Waals surface area contributed by atoms with Crippen LogP contribution in [0.5, 0.6) is 0 Å². The highest BCUT2D eigenvalue weighted by molar-refractivity contribution is 5.98. The molecule has 1 atom stereocenters. The highest BCUT2D eigenvalue weighted by atomic mass is 15.1. The molecule has 2 heteroatoms. The van der Waals surface area contributed by atoms with Crippen LogP contribution in [0.1, 0.15) is 44.5 Å². The monoisotopic (exact) mass is 890 g/mol. The van der Waals surface area contributed by atoms with E-state index in [0.717, 1.165) is 34.1 Å². The van der Waals surface area contributed by atoms with Crippen molar-refractivity contribution in [1.29, 1.82) is 0 Å². The molecule has 1 spiro atoms. The number of hydrogen-bond acceptors (Lipinski definition) is 2. The molecule has 0 saturated heterocycles. The number of benzene rings is 11. The van der Waals surface area contributed by atoms with E-state index in [1.807, 2.05) is 0 Å². The molecule has 2 nitrogen and oxygen atoms in total. The molecule has 0 heterocycles. The quantitative estimate of drug-likeness (QED) is 0.150. The summed E-state index contributed by atoms with van der Waals surface area (Å²) in [7, 11) is 0. The Morgan fingerprint density at radius 3 is 0.800 bits per heavy atom. The SMILES string of the molecule is c1ccc(N(c2ccccc2)c2ccc3c(c2)-c2ccccc2C32c3ccccc3-c3cc(N(c4ccccc4)c4ccc5c(c4)-c4ccccc4C5(c4ccccc4)c4ccccc4)ccc32)cc1. The highest BCUT2D eigenvalue weighted by Gasteiger charge is 2.52. The van der Waals surface area contributed by atoms with E-state index in [9.17, 15) is 0 Å². The largest absolute Gasteiger partial charge is 0.310 e. The van der Waals surface area contributed by atoms with Crippen LogP contribution in [0.15, 0.2) is 279 Å². The third-order valence-corrected chi connectivity index (χ3v) is 15.3. The lowest BCUT2D eigenvalue weighted by Gasteiger charge is -2.34. The van der Waals surface area contributed by atoms with Crippen LogP contribution in [0.25, 0.3) is 33.4 Å². The van der Waals surface area contributed by atoms with E-state index < -0.39 is 10.8 Å². The molecule has 14 rings (SSSR count). The molecule has 0 aromatic heterocycles. The Morgan fingerprint density at radius 1 is 0.186 bits per heavy atom. The van der Waals surface area contributed by atoms with Gasteiger partial charge in [-0.3, -0.25) is 0 Å². The lowest BCUT2D eigenvalue weighted by Crippen LogP contribution is -2.28. The lowest BCUT2D eigenvalue weighted by molar-refractivity contribution is 0.768. The molecular formula is C68H46N2. The maximum atomic E-state index is 2.46. The van der Waals surface area contributed by atoms with Crippen molar-refractivity contribution >= 4 is 34.1 Å². The minimum atomic E-state index is -0.494. The average molecular weight is 891 g/mol. The predicted octanol–water partition coefficient (Wildman–Crippen LogP) is 17.3. The first-order valence-corrected chi connectivity index (χ1v) is 24.3. The Morgan fingerprint density at radius 2 is 0.443 bits per heavy atom. The van der Waals surface area contributed by atoms with E-state index in [1.54, 1.807) is 0 Å². The van der Waals surface area contributed by atoms with Crippen molar-refractivity contribution in [3.8, 4) is 33.4 Å². The number of fused-ring (bicyclic) bond motifs is 13. The van der Waals surface area contributed by atoms with Gasteiger partial charge in [-0.2, -0.15) is 0 Å². The van der Waals surface area contributed by atoms with Crippen molar-refractivity contribution in [1.82, 2.24) is 0 Å². The molecule has 0 saturated carbocycles. The summed E-state index contributed by atoms with van der Waals surface area (Å²) in [6.07, 6.45) is 0. The smallest absolute Gasteiger partial charge is 0.0725 e. The van der Waals surface area contributed by atoms with Gasteiger partial charge in [0.05, 0.1) is 10.8 Å². The van der Waals surface area contributed by atoms with Crippen LogP contribution in [-0.2, 0) is 10.8 Å². The minimum Gasteiger partial charge on any atom is -0.310 e. The molecule has 0 N–H and O–H groups in total. The summed E-state index contributed by atoms with van der Waals surface area (Å²) in [6, 6.07) is 103. The normalized spacial score (nSPS) is 15.0. The van der Waals surface area contributed by atoms with E-state index in [4.69, 9.17) is 0 Å². The van der Waals surface area contributed by atoms with Gasteiger partial charge in [-0.1, -0.05) is 206 Å². The Balaban J connectivity index is 0.956. The number of rotatable bonds is 8. The number of para-hydroxylation sites is 3. The summed E-state index contributed by atoms with van der Waals surface area (Å²) >= 11 is 0. The average Bonchev–Trinajstić information content (AvgIpc) is 4.02. The molecule has 0 amide bonds. The molecule has 3 aliphatic carbocycles. The van der Waals surface area contributed by atoms with Gasteiger partial charge in [0.15, 0.2) is 0 Å². The lowest BCUT2D eigenvalue weighted by atomic mass is 9.68. The zero-order valence-electron chi connectivity index (χ0n) is 38.5. The van der Waals surface area contributed by atoms with Gasteiger partial charge in [0.1, 0.15) is 0 Å². The van der Waals surface area contributed by atoms with Crippen molar-refractivity contribution in [2.75, 3.05) is 9.80 Å². The maximum Gasteiger partial charge on any atom is 0.0725 e. The number of nitrogens with zero attached hydrogens (tertiary/aromatic N) is 2. The fourth-order valence-electron chi connectivity index (χ4n) is 12.6. The zero-order chi connectivity index (χ0) is 46.2. The Labute approximate surface area is 409 Å². The molecule has 0 radical (unpaired) electrons. The summed E-state index contributed by atoms with van der Waals surface area (Å²) in [4.78, 5) is 4.82. The van der Waals surface area contributed by atoms with Crippen LogP contribution in [0.3, 0.4) is 0 Å². The standard InChI is InChI=1S/C68H46N2/c1-6-22-47(23-7-1)67(48-24-8-2-9-25-48)61-35-19-16-32-55(61)58-45-53(38-41-64(58)67)70(51-30-14-5-15-31-51)54-40-43-66-60(46-54)57-34-18-21-37-63(57)68(66)62-36-20-17-33-56(62)59-44-52(39-42-65(59)68)69(49-26-10-3-11-27-49)50-28-12-4-13-29-50/h1-46H. The van der Waals surface area contributed by atoms with E-state index in [1.165, 1.54) is 77.9 Å². The molecule has 1 unspecified atom stereocenters. The van der Waals surface area contributed by atoms with Gasteiger partial charge in [0, 0.05) is 34.1 Å². The van der Waals surface area contributed by atoms with Gasteiger partial charge in [0.2, 0.25) is 0 Å². The molecule has 3 aliphatic rings. The predicted molar refractivity (Wildman–Crippen MR) is 289 cm³/mol. The van der Waals surface area contributed by atoms with Gasteiger partial charge in [-0.05, 0) is 151 Å². The second-order valence-corrected chi connectivity index (χ2v) is 18.7. The Kier molecular flexibility index (Phi) is 9.06. The highest BCUT2D eigenvalue weighted by Crippen LogP contribution is 2.64. The molecule has 328 valence electrons. The summed E-state index contributed by atoms with van der Waals surface area (Å²) in [6.45, 7) is 0. The van der Waals surface area contributed by atoms with Gasteiger partial charge < -0.3 is 9.80 Å². The fraction of sp³-hybridized carbons (Fsp3) is 0.0294. The number of hydrogen-bond donors (Lipinski definition) is 0. The summed E-state index contributed by atoms with van der Waals surface area (Å²) in [5.41, 5.74) is 23.8. The van der Waals surface area contributed by atoms with Crippen molar-refractivity contribution in [3.05, 3.63) is 324 Å². The van der Waals surface area contributed by atoms with Gasteiger partial charge in [0.25, 0.3) is 0 Å². The summed E-state index contributed by atoms with van der Waals surface area (Å²) in [5, 5.41) is 0. The van der Waals surface area contributed by atoms with Gasteiger partial charge in [-0.15, -0.1) is 0 Å². The van der Waals surface area contributed by atoms with Crippen LogP contribution in [0, 0.1) is 0 Å². The number of anilines is 6. The van der Waals surface area contributed by atoms with Crippen molar-refractivity contribution < 1.29 is 0 Å². The van der Waals surface area contributed by atoms with Crippen molar-refractivity contribution in [2.45, 2.75) is 10.8 Å². The first kappa shape index (κ1) is 40.1. The van der Waals surface area contributed by atoms with Gasteiger partial charge >= 0.3 is 0 Å². The zero-order valence-corrected chi connectivity index (χ0v) is 38.5. The van der Waals surface area contributed by atoms with E-state index in [-0.39, 0.29) is 0 Å². The van der Waals surface area contributed by atoms with E-state index in [0.29, 0.717) is 0 Å². The van der Waals surface area contributed by atoms with E-state index >= 15 is 0 Å². The summed E-state index contributed by atoms with van der Waals surface area (Å²) in [5.74, 6) is 0. The second kappa shape index (κ2) is 15.8. The summed E-state index contributed by atoms with van der Waals surface area (Å²) < 4.78 is 0. The van der Waals surface area contributed by atoms with Crippen LogP contribution >= 0.6 is 0 Å². The van der Waals surface area contributed by atoms with Crippen molar-refractivity contribution in [3.63, 3.8) is 0 Å². The fourth-order valence-corrected chi connectivity index (χ4v) is 12.6. The first-order valence-electron chi connectivity index (χ1n) is 24.3. The molecule has 0 fully saturated rings. The second-order valence-electron chi connectivity index (χ2n) is 18.7. The maximum absolute atomic E-state index is 2.46. The third-order valence-electron chi connectivity index (χ3n) is 15.3. The van der Waals surface area contributed by atoms with E-state index in [2.05, 4.69) is 289 Å². The topological polar surface area (TPSA) is 6.48 Å². The molecule has 11 aromatic rings. The Bertz CT molecular complexity index is 3690. The molecule has 11 aromatic carbocycles. The minimum absolute atomic E-state index is 0.466. The van der Waals surface area contributed by atoms with Crippen LogP contribution in [0.4, 0.5) is 34.1 Å². The third kappa shape index (κ3) is 5.68. The Hall–Kier alpha value is -8.98.